The molecule has 0 amide bonds. The lowest BCUT2D eigenvalue weighted by Crippen LogP contribution is -2.13. The third-order valence-electron chi connectivity index (χ3n) is 4.51. The fraction of sp³-hybridized carbons (Fsp3) is 0.600. The van der Waals surface area contributed by atoms with Crippen molar-refractivity contribution in [1.29, 1.82) is 0 Å². The van der Waals surface area contributed by atoms with Crippen molar-refractivity contribution < 1.29 is 9.90 Å². The maximum atomic E-state index is 11.3. The molecule has 0 spiro atoms. The molecule has 1 saturated carbocycles. The topological polar surface area (TPSA) is 62.2 Å². The van der Waals surface area contributed by atoms with Crippen LogP contribution in [0.5, 0.6) is 0 Å². The summed E-state index contributed by atoms with van der Waals surface area (Å²) in [6.07, 6.45) is 4.21. The number of anilines is 1. The van der Waals surface area contributed by atoms with Gasteiger partial charge < -0.3 is 10.4 Å². The molecule has 2 aliphatic carbocycles. The molecule has 0 aromatic carbocycles. The SMILES string of the molecule is CC1(C)CC1CNc1nc2c(cc1C(=O)O)CCC2. The lowest BCUT2D eigenvalue weighted by atomic mass is 10.1. The number of aromatic nitrogens is 1. The summed E-state index contributed by atoms with van der Waals surface area (Å²) < 4.78 is 0. The lowest BCUT2D eigenvalue weighted by Gasteiger charge is -2.11. The second-order valence-corrected chi connectivity index (χ2v) is 6.42. The molecular formula is C15H20N2O2. The summed E-state index contributed by atoms with van der Waals surface area (Å²) >= 11 is 0. The molecule has 4 nitrogen and oxygen atoms in total. The van der Waals surface area contributed by atoms with E-state index >= 15 is 0 Å². The molecule has 19 heavy (non-hydrogen) atoms. The molecule has 1 fully saturated rings. The van der Waals surface area contributed by atoms with Crippen molar-refractivity contribution in [2.45, 2.75) is 39.5 Å². The molecule has 1 aromatic rings. The zero-order valence-corrected chi connectivity index (χ0v) is 11.5. The van der Waals surface area contributed by atoms with Crippen molar-refractivity contribution in [2.24, 2.45) is 11.3 Å². The van der Waals surface area contributed by atoms with Gasteiger partial charge in [0.05, 0.1) is 0 Å². The fourth-order valence-corrected chi connectivity index (χ4v) is 2.91. The first-order valence-electron chi connectivity index (χ1n) is 6.97. The molecule has 1 heterocycles. The van der Waals surface area contributed by atoms with Gasteiger partial charge in [-0.25, -0.2) is 9.78 Å². The summed E-state index contributed by atoms with van der Waals surface area (Å²) in [4.78, 5) is 15.9. The van der Waals surface area contributed by atoms with E-state index in [1.807, 2.05) is 0 Å². The Hall–Kier alpha value is -1.58. The van der Waals surface area contributed by atoms with Crippen molar-refractivity contribution in [3.05, 3.63) is 22.9 Å². The van der Waals surface area contributed by atoms with Crippen LogP contribution < -0.4 is 5.32 Å². The minimum atomic E-state index is -0.889. The number of nitrogens with one attached hydrogen (secondary N) is 1. The number of carboxylic acids is 1. The molecule has 2 aliphatic rings. The van der Waals surface area contributed by atoms with Gasteiger partial charge in [-0.2, -0.15) is 0 Å². The van der Waals surface area contributed by atoms with Gasteiger partial charge >= 0.3 is 5.97 Å². The van der Waals surface area contributed by atoms with E-state index in [0.717, 1.165) is 37.1 Å². The number of aromatic carboxylic acids is 1. The lowest BCUT2D eigenvalue weighted by molar-refractivity contribution is 0.0697. The molecule has 3 rings (SSSR count). The average molecular weight is 260 g/mol. The number of aryl methyl sites for hydroxylation is 2. The van der Waals surface area contributed by atoms with Gasteiger partial charge in [0, 0.05) is 12.2 Å². The molecule has 1 aromatic heterocycles. The van der Waals surface area contributed by atoms with Crippen molar-refractivity contribution in [2.75, 3.05) is 11.9 Å². The van der Waals surface area contributed by atoms with E-state index in [1.165, 1.54) is 6.42 Å². The molecule has 4 heteroatoms. The quantitative estimate of drug-likeness (QED) is 0.873. The number of rotatable bonds is 4. The molecule has 0 saturated heterocycles. The van der Waals surface area contributed by atoms with E-state index in [0.29, 0.717) is 22.7 Å². The summed E-state index contributed by atoms with van der Waals surface area (Å²) in [6, 6.07) is 1.80. The fourth-order valence-electron chi connectivity index (χ4n) is 2.91. The molecule has 0 bridgehead atoms. The molecule has 2 N–H and O–H groups in total. The average Bonchev–Trinajstić information content (AvgIpc) is 2.75. The smallest absolute Gasteiger partial charge is 0.339 e. The standard InChI is InChI=1S/C15H20N2O2/c1-15(2)7-10(15)8-16-13-11(14(18)19)6-9-4-3-5-12(9)17-13/h6,10H,3-5,7-8H2,1-2H3,(H,16,17)(H,18,19). The van der Waals surface area contributed by atoms with E-state index in [-0.39, 0.29) is 0 Å². The maximum absolute atomic E-state index is 11.3. The van der Waals surface area contributed by atoms with Crippen LogP contribution in [-0.2, 0) is 12.8 Å². The highest BCUT2D eigenvalue weighted by Crippen LogP contribution is 2.51. The summed E-state index contributed by atoms with van der Waals surface area (Å²) in [7, 11) is 0. The minimum Gasteiger partial charge on any atom is -0.478 e. The van der Waals surface area contributed by atoms with Gasteiger partial charge in [0.2, 0.25) is 0 Å². The van der Waals surface area contributed by atoms with Crippen LogP contribution in [0.25, 0.3) is 0 Å². The maximum Gasteiger partial charge on any atom is 0.339 e. The van der Waals surface area contributed by atoms with Crippen LogP contribution in [0, 0.1) is 11.3 Å². The molecule has 0 aliphatic heterocycles. The Bertz CT molecular complexity index is 537. The van der Waals surface area contributed by atoms with Gasteiger partial charge in [0.1, 0.15) is 11.4 Å². The molecule has 0 radical (unpaired) electrons. The van der Waals surface area contributed by atoms with E-state index in [9.17, 15) is 9.90 Å². The van der Waals surface area contributed by atoms with Gasteiger partial charge in [0.25, 0.3) is 0 Å². The second-order valence-electron chi connectivity index (χ2n) is 6.42. The zero-order chi connectivity index (χ0) is 13.6. The van der Waals surface area contributed by atoms with E-state index in [2.05, 4.69) is 24.1 Å². The molecule has 1 unspecified atom stereocenters. The van der Waals surface area contributed by atoms with Crippen molar-refractivity contribution in [1.82, 2.24) is 4.98 Å². The summed E-state index contributed by atoms with van der Waals surface area (Å²) in [5.41, 5.74) is 2.89. The van der Waals surface area contributed by atoms with Crippen LogP contribution in [0.15, 0.2) is 6.07 Å². The van der Waals surface area contributed by atoms with Crippen molar-refractivity contribution in [3.8, 4) is 0 Å². The first-order chi connectivity index (χ1) is 8.97. The van der Waals surface area contributed by atoms with Crippen LogP contribution >= 0.6 is 0 Å². The number of pyridine rings is 1. The van der Waals surface area contributed by atoms with Crippen LogP contribution in [0.2, 0.25) is 0 Å². The number of hydrogen-bond donors (Lipinski definition) is 2. The third-order valence-corrected chi connectivity index (χ3v) is 4.51. The Kier molecular flexibility index (Phi) is 2.77. The highest BCUT2D eigenvalue weighted by Gasteiger charge is 2.45. The summed E-state index contributed by atoms with van der Waals surface area (Å²) in [6.45, 7) is 5.31. The first-order valence-corrected chi connectivity index (χ1v) is 6.97. The number of carboxylic acid groups (broad SMARTS) is 1. The van der Waals surface area contributed by atoms with Crippen LogP contribution in [-0.4, -0.2) is 22.6 Å². The van der Waals surface area contributed by atoms with Gasteiger partial charge in [-0.05, 0) is 48.6 Å². The Labute approximate surface area is 113 Å². The van der Waals surface area contributed by atoms with Crippen LogP contribution in [0.3, 0.4) is 0 Å². The number of hydrogen-bond acceptors (Lipinski definition) is 3. The van der Waals surface area contributed by atoms with Gasteiger partial charge in [-0.3, -0.25) is 0 Å². The predicted molar refractivity (Wildman–Crippen MR) is 73.6 cm³/mol. The van der Waals surface area contributed by atoms with Gasteiger partial charge in [0.15, 0.2) is 0 Å². The highest BCUT2D eigenvalue weighted by atomic mass is 16.4. The third kappa shape index (κ3) is 2.31. The predicted octanol–water partition coefficient (Wildman–Crippen LogP) is 2.73. The van der Waals surface area contributed by atoms with Crippen molar-refractivity contribution in [3.63, 3.8) is 0 Å². The molecule has 102 valence electrons. The largest absolute Gasteiger partial charge is 0.478 e. The monoisotopic (exact) mass is 260 g/mol. The van der Waals surface area contributed by atoms with E-state index in [4.69, 9.17) is 0 Å². The van der Waals surface area contributed by atoms with Gasteiger partial charge in [-0.15, -0.1) is 0 Å². The second kappa shape index (κ2) is 4.22. The van der Waals surface area contributed by atoms with Crippen LogP contribution in [0.1, 0.15) is 48.3 Å². The highest BCUT2D eigenvalue weighted by molar-refractivity contribution is 5.93. The molecular weight excluding hydrogens is 240 g/mol. The normalized spacial score (nSPS) is 22.9. The van der Waals surface area contributed by atoms with E-state index < -0.39 is 5.97 Å². The first kappa shape index (κ1) is 12.5. The summed E-state index contributed by atoms with van der Waals surface area (Å²) in [5.74, 6) is 0.291. The molecule has 1 atom stereocenters. The van der Waals surface area contributed by atoms with Crippen LogP contribution in [0.4, 0.5) is 5.82 Å². The Morgan fingerprint density at radius 3 is 2.89 bits per heavy atom. The van der Waals surface area contributed by atoms with Gasteiger partial charge in [-0.1, -0.05) is 13.8 Å². The minimum absolute atomic E-state index is 0.319. The van der Waals surface area contributed by atoms with Crippen molar-refractivity contribution >= 4 is 11.8 Å². The Morgan fingerprint density at radius 2 is 2.26 bits per heavy atom. The number of carbonyl (C=O) groups is 1. The zero-order valence-electron chi connectivity index (χ0n) is 11.5. The Morgan fingerprint density at radius 1 is 1.53 bits per heavy atom. The number of nitrogens with zero attached hydrogens (tertiary/aromatic N) is 1. The number of fused-ring (bicyclic) bond motifs is 1. The summed E-state index contributed by atoms with van der Waals surface area (Å²) in [5, 5.41) is 12.6. The van der Waals surface area contributed by atoms with E-state index in [1.54, 1.807) is 6.07 Å². The Balaban J connectivity index is 1.81.